The lowest BCUT2D eigenvalue weighted by Crippen LogP contribution is -2.06. The van der Waals surface area contributed by atoms with Gasteiger partial charge in [0.25, 0.3) is 0 Å². The number of imidazole rings is 1. The van der Waals surface area contributed by atoms with E-state index in [0.29, 0.717) is 30.2 Å². The third-order valence-corrected chi connectivity index (χ3v) is 4.46. The fourth-order valence-corrected chi connectivity index (χ4v) is 3.27. The summed E-state index contributed by atoms with van der Waals surface area (Å²) in [5.41, 5.74) is 0.701. The first-order chi connectivity index (χ1) is 10.2. The molecule has 2 aromatic heterocycles. The molecule has 21 heavy (non-hydrogen) atoms. The number of aromatic nitrogens is 2. The van der Waals surface area contributed by atoms with Crippen LogP contribution in [0.25, 0.3) is 11.0 Å². The molecule has 1 aromatic carbocycles. The Morgan fingerprint density at radius 1 is 1.24 bits per heavy atom. The molecule has 0 aliphatic carbocycles. The van der Waals surface area contributed by atoms with Crippen LogP contribution >= 0.6 is 22.9 Å². The molecule has 3 rings (SSSR count). The zero-order valence-electron chi connectivity index (χ0n) is 11.2. The second-order valence-electron chi connectivity index (χ2n) is 4.70. The summed E-state index contributed by atoms with van der Waals surface area (Å²) in [6, 6.07) is 6.23. The minimum Gasteiger partial charge on any atom is -0.327 e. The lowest BCUT2D eigenvalue weighted by atomic mass is 10.2. The first-order valence-corrected chi connectivity index (χ1v) is 8.03. The monoisotopic (exact) mass is 326 g/mol. The topological polar surface area (TPSA) is 17.8 Å². The quantitative estimate of drug-likeness (QED) is 0.635. The van der Waals surface area contributed by atoms with Gasteiger partial charge in [-0.2, -0.15) is 0 Å². The number of alkyl halides is 1. The zero-order chi connectivity index (χ0) is 14.8. The van der Waals surface area contributed by atoms with E-state index in [0.717, 1.165) is 12.5 Å². The average Bonchev–Trinajstić information content (AvgIpc) is 3.05. The summed E-state index contributed by atoms with van der Waals surface area (Å²) < 4.78 is 29.2. The Morgan fingerprint density at radius 2 is 2.10 bits per heavy atom. The molecule has 0 atom stereocenters. The van der Waals surface area contributed by atoms with E-state index < -0.39 is 11.6 Å². The molecule has 6 heteroatoms. The standard InChI is InChI=1S/C15H13ClF2N2S/c16-5-3-14-19-15-12(18)8-10(17)9-13(15)20(14)6-4-11-2-1-7-21-11/h1-2,7-9H,3-6H2. The van der Waals surface area contributed by atoms with Crippen molar-refractivity contribution in [3.05, 3.63) is 52.0 Å². The van der Waals surface area contributed by atoms with Crippen LogP contribution in [-0.4, -0.2) is 15.4 Å². The SMILES string of the molecule is Fc1cc(F)c2nc(CCCl)n(CCc3cccs3)c2c1. The van der Waals surface area contributed by atoms with Gasteiger partial charge in [-0.1, -0.05) is 6.07 Å². The van der Waals surface area contributed by atoms with Crippen LogP contribution < -0.4 is 0 Å². The highest BCUT2D eigenvalue weighted by Gasteiger charge is 2.15. The molecule has 110 valence electrons. The van der Waals surface area contributed by atoms with Gasteiger partial charge in [0.1, 0.15) is 17.2 Å². The summed E-state index contributed by atoms with van der Waals surface area (Å²) in [6.45, 7) is 0.631. The largest absolute Gasteiger partial charge is 0.327 e. The molecule has 0 saturated heterocycles. The molecule has 0 unspecified atom stereocenters. The number of hydrogen-bond acceptors (Lipinski definition) is 2. The van der Waals surface area contributed by atoms with Crippen molar-refractivity contribution in [2.75, 3.05) is 5.88 Å². The van der Waals surface area contributed by atoms with Crippen molar-refractivity contribution in [2.45, 2.75) is 19.4 Å². The van der Waals surface area contributed by atoms with Crippen LogP contribution in [0.2, 0.25) is 0 Å². The van der Waals surface area contributed by atoms with Crippen LogP contribution in [0, 0.1) is 11.6 Å². The van der Waals surface area contributed by atoms with Crippen LogP contribution in [0.15, 0.2) is 29.6 Å². The zero-order valence-corrected chi connectivity index (χ0v) is 12.7. The number of hydrogen-bond donors (Lipinski definition) is 0. The van der Waals surface area contributed by atoms with Crippen molar-refractivity contribution in [1.29, 1.82) is 0 Å². The molecule has 3 aromatic rings. The Labute approximate surface area is 130 Å². The Balaban J connectivity index is 2.02. The highest BCUT2D eigenvalue weighted by Crippen LogP contribution is 2.22. The van der Waals surface area contributed by atoms with E-state index in [9.17, 15) is 8.78 Å². The predicted octanol–water partition coefficient (Wildman–Crippen LogP) is 4.40. The lowest BCUT2D eigenvalue weighted by Gasteiger charge is -2.07. The van der Waals surface area contributed by atoms with Gasteiger partial charge in [0, 0.05) is 29.8 Å². The van der Waals surface area contributed by atoms with Crippen molar-refractivity contribution in [1.82, 2.24) is 9.55 Å². The van der Waals surface area contributed by atoms with Crippen LogP contribution in [0.1, 0.15) is 10.7 Å². The minimum absolute atomic E-state index is 0.211. The van der Waals surface area contributed by atoms with Crippen molar-refractivity contribution in [3.8, 4) is 0 Å². The molecule has 0 bridgehead atoms. The Hall–Kier alpha value is -1.46. The molecule has 0 fully saturated rings. The maximum atomic E-state index is 13.8. The summed E-state index contributed by atoms with van der Waals surface area (Å²) in [6.07, 6.45) is 1.33. The molecule has 0 N–H and O–H groups in total. The maximum Gasteiger partial charge on any atom is 0.153 e. The van der Waals surface area contributed by atoms with Crippen LogP contribution in [0.5, 0.6) is 0 Å². The van der Waals surface area contributed by atoms with Crippen LogP contribution in [0.3, 0.4) is 0 Å². The Kier molecular flexibility index (Phi) is 4.22. The molecule has 2 nitrogen and oxygen atoms in total. The molecule has 0 spiro atoms. The highest BCUT2D eigenvalue weighted by molar-refractivity contribution is 7.09. The molecular weight excluding hydrogens is 314 g/mol. The van der Waals surface area contributed by atoms with Gasteiger partial charge in [-0.15, -0.1) is 22.9 Å². The molecule has 0 saturated carbocycles. The number of halogens is 3. The van der Waals surface area contributed by atoms with Crippen LogP contribution in [-0.2, 0) is 19.4 Å². The number of benzene rings is 1. The Bertz CT molecular complexity index is 753. The van der Waals surface area contributed by atoms with E-state index in [4.69, 9.17) is 11.6 Å². The summed E-state index contributed by atoms with van der Waals surface area (Å²) >= 11 is 7.46. The van der Waals surface area contributed by atoms with Gasteiger partial charge in [0.2, 0.25) is 0 Å². The predicted molar refractivity (Wildman–Crippen MR) is 82.1 cm³/mol. The normalized spacial score (nSPS) is 11.4. The molecule has 0 amide bonds. The Morgan fingerprint density at radius 3 is 2.81 bits per heavy atom. The summed E-state index contributed by atoms with van der Waals surface area (Å²) in [5.74, 6) is -0.127. The van der Waals surface area contributed by atoms with Crippen molar-refractivity contribution in [2.24, 2.45) is 0 Å². The van der Waals surface area contributed by atoms with Crippen molar-refractivity contribution in [3.63, 3.8) is 0 Å². The number of nitrogens with zero attached hydrogens (tertiary/aromatic N) is 2. The molecule has 0 aliphatic heterocycles. The van der Waals surface area contributed by atoms with Gasteiger partial charge in [0.15, 0.2) is 5.82 Å². The first kappa shape index (κ1) is 14.5. The minimum atomic E-state index is -0.629. The number of rotatable bonds is 5. The van der Waals surface area contributed by atoms with Gasteiger partial charge in [-0.3, -0.25) is 0 Å². The third-order valence-electron chi connectivity index (χ3n) is 3.33. The smallest absolute Gasteiger partial charge is 0.153 e. The van der Waals surface area contributed by atoms with E-state index in [1.807, 2.05) is 22.1 Å². The summed E-state index contributed by atoms with van der Waals surface area (Å²) in [7, 11) is 0. The first-order valence-electron chi connectivity index (χ1n) is 6.61. The van der Waals surface area contributed by atoms with Gasteiger partial charge < -0.3 is 4.57 Å². The molecular formula is C15H13ClF2N2S. The maximum absolute atomic E-state index is 13.8. The van der Waals surface area contributed by atoms with E-state index in [-0.39, 0.29) is 5.52 Å². The molecule has 0 radical (unpaired) electrons. The van der Waals surface area contributed by atoms with Crippen molar-refractivity contribution < 1.29 is 8.78 Å². The average molecular weight is 327 g/mol. The van der Waals surface area contributed by atoms with E-state index >= 15 is 0 Å². The fraction of sp³-hybridized carbons (Fsp3) is 0.267. The highest BCUT2D eigenvalue weighted by atomic mass is 35.5. The third kappa shape index (κ3) is 2.94. The summed E-state index contributed by atoms with van der Waals surface area (Å²) in [5, 5.41) is 2.01. The van der Waals surface area contributed by atoms with E-state index in [2.05, 4.69) is 4.98 Å². The van der Waals surface area contributed by atoms with E-state index in [1.165, 1.54) is 10.9 Å². The van der Waals surface area contributed by atoms with Crippen molar-refractivity contribution >= 4 is 34.0 Å². The number of aryl methyl sites for hydroxylation is 3. The molecule has 2 heterocycles. The van der Waals surface area contributed by atoms with Gasteiger partial charge >= 0.3 is 0 Å². The second kappa shape index (κ2) is 6.12. The van der Waals surface area contributed by atoms with Gasteiger partial charge in [-0.05, 0) is 23.9 Å². The lowest BCUT2D eigenvalue weighted by molar-refractivity contribution is 0.589. The number of fused-ring (bicyclic) bond motifs is 1. The fourth-order valence-electron chi connectivity index (χ4n) is 2.40. The summed E-state index contributed by atoms with van der Waals surface area (Å²) in [4.78, 5) is 5.51. The van der Waals surface area contributed by atoms with E-state index in [1.54, 1.807) is 11.3 Å². The second-order valence-corrected chi connectivity index (χ2v) is 6.11. The van der Waals surface area contributed by atoms with Gasteiger partial charge in [0.05, 0.1) is 5.52 Å². The van der Waals surface area contributed by atoms with Crippen LogP contribution in [0.4, 0.5) is 8.78 Å². The number of thiophene rings is 1. The molecule has 0 aliphatic rings. The van der Waals surface area contributed by atoms with Gasteiger partial charge in [-0.25, -0.2) is 13.8 Å².